The lowest BCUT2D eigenvalue weighted by Gasteiger charge is -2.17. The Hall–Kier alpha value is -0.450. The van der Waals surface area contributed by atoms with E-state index >= 15 is 0 Å². The number of likely N-dealkylation sites (N-methyl/N-ethyl adjacent to an activating group) is 1. The van der Waals surface area contributed by atoms with Gasteiger partial charge >= 0.3 is 0 Å². The summed E-state index contributed by atoms with van der Waals surface area (Å²) in [5, 5.41) is 4.67. The monoisotopic (exact) mass is 227 g/mol. The summed E-state index contributed by atoms with van der Waals surface area (Å²) < 4.78 is 0. The molecule has 86 valence electrons. The maximum Gasteiger partial charge on any atom is 0.0900 e. The van der Waals surface area contributed by atoms with E-state index in [0.717, 1.165) is 18.1 Å². The van der Waals surface area contributed by atoms with Gasteiger partial charge in [0.2, 0.25) is 0 Å². The molecule has 1 rings (SSSR count). The molecule has 0 aliphatic carbocycles. The number of nitrogens with one attached hydrogen (secondary N) is 1. The molecule has 4 heteroatoms. The van der Waals surface area contributed by atoms with Crippen molar-refractivity contribution in [2.75, 3.05) is 20.6 Å². The molecule has 0 spiro atoms. The van der Waals surface area contributed by atoms with Crippen molar-refractivity contribution in [2.24, 2.45) is 0 Å². The molecule has 1 aromatic rings. The number of hydrogen-bond donors (Lipinski definition) is 1. The standard InChI is InChI=1S/C11H21N3S/c1-8(7-14(4)5)12-6-11-9(2)13-10(3)15-11/h8,12H,6-7H2,1-5H3. The van der Waals surface area contributed by atoms with Gasteiger partial charge in [0.15, 0.2) is 0 Å². The topological polar surface area (TPSA) is 28.2 Å². The van der Waals surface area contributed by atoms with Gasteiger partial charge in [0.25, 0.3) is 0 Å². The van der Waals surface area contributed by atoms with E-state index in [-0.39, 0.29) is 0 Å². The van der Waals surface area contributed by atoms with Crippen molar-refractivity contribution in [1.29, 1.82) is 0 Å². The van der Waals surface area contributed by atoms with Crippen molar-refractivity contribution < 1.29 is 0 Å². The Bertz CT molecular complexity index is 307. The molecule has 3 nitrogen and oxygen atoms in total. The van der Waals surface area contributed by atoms with Crippen LogP contribution < -0.4 is 5.32 Å². The second-order valence-electron chi connectivity index (χ2n) is 4.29. The molecule has 0 saturated heterocycles. The highest BCUT2D eigenvalue weighted by atomic mass is 32.1. The first-order chi connectivity index (χ1) is 6.99. The van der Waals surface area contributed by atoms with E-state index in [2.05, 4.69) is 50.1 Å². The number of rotatable bonds is 5. The fourth-order valence-corrected chi connectivity index (χ4v) is 2.50. The molecule has 15 heavy (non-hydrogen) atoms. The van der Waals surface area contributed by atoms with Crippen LogP contribution in [-0.2, 0) is 6.54 Å². The van der Waals surface area contributed by atoms with Crippen LogP contribution in [0.4, 0.5) is 0 Å². The Balaban J connectivity index is 2.40. The fourth-order valence-electron chi connectivity index (χ4n) is 1.62. The molecule has 0 saturated carbocycles. The largest absolute Gasteiger partial charge is 0.308 e. The SMILES string of the molecule is Cc1nc(C)c(CNC(C)CN(C)C)s1. The summed E-state index contributed by atoms with van der Waals surface area (Å²) in [6.07, 6.45) is 0. The van der Waals surface area contributed by atoms with Gasteiger partial charge in [-0.1, -0.05) is 0 Å². The van der Waals surface area contributed by atoms with Crippen LogP contribution in [0, 0.1) is 13.8 Å². The predicted octanol–water partition coefficient (Wildman–Crippen LogP) is 1.80. The van der Waals surface area contributed by atoms with Gasteiger partial charge in [0, 0.05) is 24.0 Å². The lowest BCUT2D eigenvalue weighted by Crippen LogP contribution is -2.35. The van der Waals surface area contributed by atoms with E-state index in [4.69, 9.17) is 0 Å². The molecule has 1 unspecified atom stereocenters. The van der Waals surface area contributed by atoms with Gasteiger partial charge in [0.1, 0.15) is 0 Å². The predicted molar refractivity (Wildman–Crippen MR) is 66.4 cm³/mol. The zero-order valence-corrected chi connectivity index (χ0v) is 11.1. The Morgan fingerprint density at radius 3 is 2.53 bits per heavy atom. The maximum atomic E-state index is 4.42. The summed E-state index contributed by atoms with van der Waals surface area (Å²) in [5.41, 5.74) is 1.17. The first-order valence-electron chi connectivity index (χ1n) is 5.30. The van der Waals surface area contributed by atoms with Crippen LogP contribution in [0.5, 0.6) is 0 Å². The van der Waals surface area contributed by atoms with Crippen molar-refractivity contribution in [1.82, 2.24) is 15.2 Å². The molecular formula is C11H21N3S. The highest BCUT2D eigenvalue weighted by Gasteiger charge is 2.07. The van der Waals surface area contributed by atoms with E-state index < -0.39 is 0 Å². The van der Waals surface area contributed by atoms with Gasteiger partial charge < -0.3 is 10.2 Å². The van der Waals surface area contributed by atoms with E-state index in [9.17, 15) is 0 Å². The molecule has 0 aliphatic rings. The highest BCUT2D eigenvalue weighted by molar-refractivity contribution is 7.11. The van der Waals surface area contributed by atoms with E-state index in [0.29, 0.717) is 6.04 Å². The van der Waals surface area contributed by atoms with Crippen molar-refractivity contribution >= 4 is 11.3 Å². The van der Waals surface area contributed by atoms with Gasteiger partial charge in [-0.2, -0.15) is 0 Å². The molecule has 0 fully saturated rings. The normalized spacial score (nSPS) is 13.5. The number of nitrogens with zero attached hydrogens (tertiary/aromatic N) is 2. The zero-order chi connectivity index (χ0) is 11.4. The fraction of sp³-hybridized carbons (Fsp3) is 0.727. The minimum Gasteiger partial charge on any atom is -0.308 e. The van der Waals surface area contributed by atoms with Crippen LogP contribution in [-0.4, -0.2) is 36.6 Å². The average Bonchev–Trinajstić information content (AvgIpc) is 2.40. The van der Waals surface area contributed by atoms with Crippen LogP contribution in [0.1, 0.15) is 22.5 Å². The quantitative estimate of drug-likeness (QED) is 0.831. The average molecular weight is 227 g/mol. The van der Waals surface area contributed by atoms with E-state index in [1.54, 1.807) is 11.3 Å². The third-order valence-electron chi connectivity index (χ3n) is 2.25. The first-order valence-corrected chi connectivity index (χ1v) is 6.11. The zero-order valence-electron chi connectivity index (χ0n) is 10.3. The van der Waals surface area contributed by atoms with Crippen LogP contribution in [0.15, 0.2) is 0 Å². The van der Waals surface area contributed by atoms with E-state index in [1.165, 1.54) is 10.6 Å². The molecule has 1 heterocycles. The minimum absolute atomic E-state index is 0.516. The smallest absolute Gasteiger partial charge is 0.0900 e. The third-order valence-corrected chi connectivity index (χ3v) is 3.32. The Kier molecular flexibility index (Phi) is 4.70. The maximum absolute atomic E-state index is 4.42. The Morgan fingerprint density at radius 1 is 1.40 bits per heavy atom. The summed E-state index contributed by atoms with van der Waals surface area (Å²) >= 11 is 1.79. The Labute approximate surface area is 96.5 Å². The number of aryl methyl sites for hydroxylation is 2. The molecule has 1 N–H and O–H groups in total. The number of thiazole rings is 1. The molecule has 0 amide bonds. The third kappa shape index (κ3) is 4.28. The van der Waals surface area contributed by atoms with Crippen molar-refractivity contribution in [3.63, 3.8) is 0 Å². The molecule has 1 atom stereocenters. The van der Waals surface area contributed by atoms with Crippen molar-refractivity contribution in [3.05, 3.63) is 15.6 Å². The van der Waals surface area contributed by atoms with Crippen LogP contribution in [0.25, 0.3) is 0 Å². The number of aromatic nitrogens is 1. The minimum atomic E-state index is 0.516. The summed E-state index contributed by atoms with van der Waals surface area (Å²) in [4.78, 5) is 7.97. The Morgan fingerprint density at radius 2 is 2.07 bits per heavy atom. The van der Waals surface area contributed by atoms with Gasteiger partial charge in [-0.05, 0) is 34.9 Å². The first kappa shape index (κ1) is 12.6. The second-order valence-corrected chi connectivity index (χ2v) is 5.57. The summed E-state index contributed by atoms with van der Waals surface area (Å²) in [6, 6.07) is 0.516. The van der Waals surface area contributed by atoms with Crippen molar-refractivity contribution in [2.45, 2.75) is 33.4 Å². The molecule has 0 aliphatic heterocycles. The lowest BCUT2D eigenvalue weighted by molar-refractivity contribution is 0.349. The highest BCUT2D eigenvalue weighted by Crippen LogP contribution is 2.16. The van der Waals surface area contributed by atoms with Gasteiger partial charge in [-0.15, -0.1) is 11.3 Å². The molecule has 0 aromatic carbocycles. The summed E-state index contributed by atoms with van der Waals surface area (Å²) in [6.45, 7) is 8.36. The molecular weight excluding hydrogens is 206 g/mol. The molecule has 0 bridgehead atoms. The van der Waals surface area contributed by atoms with Crippen LogP contribution >= 0.6 is 11.3 Å². The lowest BCUT2D eigenvalue weighted by atomic mass is 10.3. The van der Waals surface area contributed by atoms with Gasteiger partial charge in [-0.25, -0.2) is 4.98 Å². The molecule has 0 radical (unpaired) electrons. The summed E-state index contributed by atoms with van der Waals surface area (Å²) in [7, 11) is 4.19. The molecule has 1 aromatic heterocycles. The number of hydrogen-bond acceptors (Lipinski definition) is 4. The van der Waals surface area contributed by atoms with Crippen LogP contribution in [0.2, 0.25) is 0 Å². The summed E-state index contributed by atoms with van der Waals surface area (Å²) in [5.74, 6) is 0. The van der Waals surface area contributed by atoms with Gasteiger partial charge in [0.05, 0.1) is 10.7 Å². The van der Waals surface area contributed by atoms with Crippen molar-refractivity contribution in [3.8, 4) is 0 Å². The second kappa shape index (κ2) is 5.58. The van der Waals surface area contributed by atoms with Crippen LogP contribution in [0.3, 0.4) is 0 Å². The van der Waals surface area contributed by atoms with Gasteiger partial charge in [-0.3, -0.25) is 0 Å². The van der Waals surface area contributed by atoms with E-state index in [1.807, 2.05) is 0 Å².